The summed E-state index contributed by atoms with van der Waals surface area (Å²) in [6.07, 6.45) is 34.8. The molecule has 0 aliphatic carbocycles. The number of allylic oxidation sites excluding steroid dienone is 4. The molecule has 0 radical (unpaired) electrons. The van der Waals surface area contributed by atoms with Gasteiger partial charge in [-0.25, -0.2) is 0 Å². The van der Waals surface area contributed by atoms with E-state index in [1.165, 1.54) is 77.0 Å². The predicted molar refractivity (Wildman–Crippen MR) is 208 cm³/mol. The van der Waals surface area contributed by atoms with Crippen molar-refractivity contribution in [2.24, 2.45) is 0 Å². The van der Waals surface area contributed by atoms with Gasteiger partial charge in [0, 0.05) is 12.8 Å². The summed E-state index contributed by atoms with van der Waals surface area (Å²) >= 11 is 0. The maximum atomic E-state index is 12.6. The zero-order chi connectivity index (χ0) is 37.9. The first kappa shape index (κ1) is 49.5. The third-order valence-corrected chi connectivity index (χ3v) is 9.69. The van der Waals surface area contributed by atoms with E-state index < -0.39 is 32.5 Å². The lowest BCUT2D eigenvalue weighted by Crippen LogP contribution is -2.37. The average Bonchev–Trinajstić information content (AvgIpc) is 3.07. The van der Waals surface area contributed by atoms with Gasteiger partial charge in [-0.1, -0.05) is 141 Å². The molecule has 0 rings (SSSR count). The van der Waals surface area contributed by atoms with Crippen LogP contribution in [0.3, 0.4) is 0 Å². The Morgan fingerprint density at radius 3 is 1.59 bits per heavy atom. The smallest absolute Gasteiger partial charge is 0.306 e. The van der Waals surface area contributed by atoms with Crippen molar-refractivity contribution in [3.63, 3.8) is 0 Å². The largest absolute Gasteiger partial charge is 0.756 e. The van der Waals surface area contributed by atoms with Crippen LogP contribution in [0.1, 0.15) is 174 Å². The number of likely N-dealkylation sites (N-methyl/N-ethyl adjacent to an activating group) is 1. The molecule has 10 heteroatoms. The quantitative estimate of drug-likeness (QED) is 0.0203. The van der Waals surface area contributed by atoms with E-state index in [2.05, 4.69) is 38.2 Å². The Bertz CT molecular complexity index is 933. The topological polar surface area (TPSA) is 111 Å². The van der Waals surface area contributed by atoms with Gasteiger partial charge in [0.15, 0.2) is 6.10 Å². The van der Waals surface area contributed by atoms with Crippen LogP contribution in [0.25, 0.3) is 0 Å². The molecule has 0 aliphatic rings. The number of unbranched alkanes of at least 4 members (excludes halogenated alkanes) is 19. The summed E-state index contributed by atoms with van der Waals surface area (Å²) in [6, 6.07) is 0. The van der Waals surface area contributed by atoms with Gasteiger partial charge >= 0.3 is 11.9 Å². The first-order valence-corrected chi connectivity index (χ1v) is 22.0. The van der Waals surface area contributed by atoms with E-state index in [0.29, 0.717) is 23.9 Å². The number of hydrogen-bond donors (Lipinski definition) is 0. The summed E-state index contributed by atoms with van der Waals surface area (Å²) in [5, 5.41) is 0. The van der Waals surface area contributed by atoms with Gasteiger partial charge in [-0.05, 0) is 44.9 Å². The van der Waals surface area contributed by atoms with Crippen LogP contribution in [0.2, 0.25) is 0 Å². The van der Waals surface area contributed by atoms with E-state index in [-0.39, 0.29) is 26.1 Å². The molecule has 300 valence electrons. The number of phosphoric ester groups is 1. The van der Waals surface area contributed by atoms with Gasteiger partial charge < -0.3 is 27.9 Å². The highest BCUT2D eigenvalue weighted by Crippen LogP contribution is 2.38. The molecule has 9 nitrogen and oxygen atoms in total. The minimum atomic E-state index is -4.62. The lowest BCUT2D eigenvalue weighted by molar-refractivity contribution is -0.870. The summed E-state index contributed by atoms with van der Waals surface area (Å²) in [7, 11) is 1.16. The van der Waals surface area contributed by atoms with E-state index in [1.54, 1.807) is 0 Å². The molecular formula is C41H78NO8P. The lowest BCUT2D eigenvalue weighted by Gasteiger charge is -2.28. The number of phosphoric acid groups is 1. The van der Waals surface area contributed by atoms with Crippen LogP contribution in [0.5, 0.6) is 0 Å². The average molecular weight is 744 g/mol. The molecule has 0 aromatic heterocycles. The molecule has 0 bridgehead atoms. The van der Waals surface area contributed by atoms with E-state index >= 15 is 0 Å². The minimum Gasteiger partial charge on any atom is -0.756 e. The van der Waals surface area contributed by atoms with Crippen molar-refractivity contribution in [3.8, 4) is 0 Å². The molecule has 0 aliphatic heterocycles. The highest BCUT2D eigenvalue weighted by atomic mass is 31.2. The molecule has 1 unspecified atom stereocenters. The summed E-state index contributed by atoms with van der Waals surface area (Å²) in [6.45, 7) is 4.18. The van der Waals surface area contributed by atoms with Gasteiger partial charge in [0.25, 0.3) is 7.82 Å². The minimum absolute atomic E-state index is 0.0315. The third-order valence-electron chi connectivity index (χ3n) is 8.72. The fraction of sp³-hybridized carbons (Fsp3) is 0.854. The zero-order valence-corrected chi connectivity index (χ0v) is 34.4. The molecule has 0 N–H and O–H groups in total. The standard InChI is InChI=1S/C41H78NO8P/c1-6-8-10-12-14-16-18-20-21-22-24-25-27-29-31-33-40(43)47-37-39(38-49-51(45,46)48-36-35-42(3,4)5)50-41(44)34-32-30-28-26-23-19-17-15-13-11-9-7-2/h14,16,20-21,39H,6-13,15,17-19,22-38H2,1-5H3/b16-14+,21-20+/t39-/m1/s1. The molecule has 2 atom stereocenters. The Balaban J connectivity index is 4.41. The second kappa shape index (κ2) is 34.3. The van der Waals surface area contributed by atoms with Gasteiger partial charge in [-0.2, -0.15) is 0 Å². The van der Waals surface area contributed by atoms with Crippen LogP contribution in [-0.4, -0.2) is 70.0 Å². The molecule has 0 amide bonds. The van der Waals surface area contributed by atoms with Crippen LogP contribution in [-0.2, 0) is 32.7 Å². The van der Waals surface area contributed by atoms with Crippen molar-refractivity contribution in [1.82, 2.24) is 0 Å². The third kappa shape index (κ3) is 38.0. The Morgan fingerprint density at radius 2 is 1.06 bits per heavy atom. The SMILES string of the molecule is CCCCC/C=C/C/C=C/CCCCCCCC(=O)OC[C@H](COP(=O)([O-])OCC[N+](C)(C)C)OC(=O)CCCCCCCCCCCCCC. The highest BCUT2D eigenvalue weighted by Gasteiger charge is 2.21. The Labute approximate surface area is 313 Å². The molecule has 0 saturated carbocycles. The highest BCUT2D eigenvalue weighted by molar-refractivity contribution is 7.45. The summed E-state index contributed by atoms with van der Waals surface area (Å²) in [5.74, 6) is -0.848. The van der Waals surface area contributed by atoms with E-state index in [1.807, 2.05) is 21.1 Å². The van der Waals surface area contributed by atoms with Gasteiger partial charge in [-0.15, -0.1) is 0 Å². The van der Waals surface area contributed by atoms with Crippen LogP contribution >= 0.6 is 7.82 Å². The molecule has 0 aromatic carbocycles. The van der Waals surface area contributed by atoms with Crippen molar-refractivity contribution in [1.29, 1.82) is 0 Å². The van der Waals surface area contributed by atoms with E-state index in [0.717, 1.165) is 57.8 Å². The number of hydrogen-bond acceptors (Lipinski definition) is 8. The second-order valence-electron chi connectivity index (χ2n) is 15.0. The second-order valence-corrected chi connectivity index (χ2v) is 16.4. The molecule has 0 fully saturated rings. The molecule has 0 spiro atoms. The van der Waals surface area contributed by atoms with Crippen molar-refractivity contribution in [2.75, 3.05) is 47.5 Å². The van der Waals surface area contributed by atoms with Crippen LogP contribution in [0.15, 0.2) is 24.3 Å². The fourth-order valence-electron chi connectivity index (χ4n) is 5.45. The molecular weight excluding hydrogens is 665 g/mol. The van der Waals surface area contributed by atoms with Gasteiger partial charge in [0.2, 0.25) is 0 Å². The van der Waals surface area contributed by atoms with Crippen molar-refractivity contribution in [2.45, 2.75) is 180 Å². The van der Waals surface area contributed by atoms with Crippen molar-refractivity contribution < 1.29 is 42.1 Å². The van der Waals surface area contributed by atoms with E-state index in [4.69, 9.17) is 18.5 Å². The van der Waals surface area contributed by atoms with E-state index in [9.17, 15) is 19.0 Å². The lowest BCUT2D eigenvalue weighted by atomic mass is 10.0. The molecule has 51 heavy (non-hydrogen) atoms. The Kier molecular flexibility index (Phi) is 33.3. The van der Waals surface area contributed by atoms with Crippen LogP contribution in [0, 0.1) is 0 Å². The summed E-state index contributed by atoms with van der Waals surface area (Å²) in [4.78, 5) is 37.4. The maximum Gasteiger partial charge on any atom is 0.306 e. The van der Waals surface area contributed by atoms with Gasteiger partial charge in [0.05, 0.1) is 27.7 Å². The van der Waals surface area contributed by atoms with Crippen LogP contribution in [0.4, 0.5) is 0 Å². The summed E-state index contributed by atoms with van der Waals surface area (Å²) in [5.41, 5.74) is 0. The number of ether oxygens (including phenoxy) is 2. The number of carbonyl (C=O) groups is 2. The first-order valence-electron chi connectivity index (χ1n) is 20.5. The van der Waals surface area contributed by atoms with Gasteiger partial charge in [0.1, 0.15) is 19.8 Å². The molecule has 0 saturated heterocycles. The van der Waals surface area contributed by atoms with Crippen molar-refractivity contribution >= 4 is 19.8 Å². The summed E-state index contributed by atoms with van der Waals surface area (Å²) < 4.78 is 33.8. The van der Waals surface area contributed by atoms with Gasteiger partial charge in [-0.3, -0.25) is 14.2 Å². The van der Waals surface area contributed by atoms with Crippen molar-refractivity contribution in [3.05, 3.63) is 24.3 Å². The van der Waals surface area contributed by atoms with Crippen LogP contribution < -0.4 is 4.89 Å². The molecule has 0 aromatic rings. The number of rotatable bonds is 37. The number of nitrogens with zero attached hydrogens (tertiary/aromatic N) is 1. The fourth-order valence-corrected chi connectivity index (χ4v) is 6.18. The number of carbonyl (C=O) groups excluding carboxylic acids is 2. The Morgan fingerprint density at radius 1 is 0.608 bits per heavy atom. The molecule has 0 heterocycles. The number of quaternary nitrogens is 1. The maximum absolute atomic E-state index is 12.6. The zero-order valence-electron chi connectivity index (χ0n) is 33.6. The predicted octanol–water partition coefficient (Wildman–Crippen LogP) is 10.6. The number of esters is 2. The first-order chi connectivity index (χ1) is 24.5. The monoisotopic (exact) mass is 744 g/mol. The normalized spacial score (nSPS) is 13.9. The Hall–Kier alpha value is -1.51.